The number of anilines is 1. The molecule has 86 valence electrons. The number of carbonyl (C=O) groups is 1. The number of benzene rings is 1. The zero-order valence-electron chi connectivity index (χ0n) is 8.24. The first kappa shape index (κ1) is 12.7. The van der Waals surface area contributed by atoms with Crippen molar-refractivity contribution >= 4 is 40.5 Å². The van der Waals surface area contributed by atoms with E-state index in [9.17, 15) is 14.9 Å². The van der Waals surface area contributed by atoms with Gasteiger partial charge in [0.1, 0.15) is 10.4 Å². The van der Waals surface area contributed by atoms with Crippen molar-refractivity contribution in [2.75, 3.05) is 5.32 Å². The number of rotatable bonds is 3. The highest BCUT2D eigenvalue weighted by atomic mass is 35.5. The molecule has 0 radical (unpaired) electrons. The highest BCUT2D eigenvalue weighted by Crippen LogP contribution is 2.27. The molecule has 1 atom stereocenters. The molecule has 0 spiro atoms. The Morgan fingerprint density at radius 1 is 1.56 bits per heavy atom. The van der Waals surface area contributed by atoms with Crippen molar-refractivity contribution in [1.29, 1.82) is 0 Å². The first-order valence-corrected chi connectivity index (χ1v) is 5.12. The molecule has 16 heavy (non-hydrogen) atoms. The van der Waals surface area contributed by atoms with Gasteiger partial charge in [-0.25, -0.2) is 0 Å². The number of nitrogens with one attached hydrogen (secondary N) is 1. The Balaban J connectivity index is 2.95. The molecule has 1 aromatic carbocycles. The van der Waals surface area contributed by atoms with Gasteiger partial charge in [-0.3, -0.25) is 14.9 Å². The minimum atomic E-state index is -0.713. The quantitative estimate of drug-likeness (QED) is 0.517. The summed E-state index contributed by atoms with van der Waals surface area (Å²) in [6.07, 6.45) is 0. The van der Waals surface area contributed by atoms with E-state index in [1.165, 1.54) is 25.1 Å². The number of nitro benzene ring substituents is 1. The van der Waals surface area contributed by atoms with Crippen LogP contribution >= 0.6 is 23.2 Å². The van der Waals surface area contributed by atoms with Gasteiger partial charge >= 0.3 is 0 Å². The Labute approximate surface area is 101 Å². The summed E-state index contributed by atoms with van der Waals surface area (Å²) < 4.78 is 0. The van der Waals surface area contributed by atoms with Crippen molar-refractivity contribution in [3.63, 3.8) is 0 Å². The van der Waals surface area contributed by atoms with Crippen LogP contribution in [0.25, 0.3) is 0 Å². The monoisotopic (exact) mass is 262 g/mol. The van der Waals surface area contributed by atoms with Crippen molar-refractivity contribution in [2.24, 2.45) is 0 Å². The van der Waals surface area contributed by atoms with E-state index < -0.39 is 16.2 Å². The predicted octanol–water partition coefficient (Wildman–Crippen LogP) is 2.81. The molecule has 0 fully saturated rings. The molecule has 1 aromatic rings. The van der Waals surface area contributed by atoms with Crippen LogP contribution in [0.15, 0.2) is 18.2 Å². The van der Waals surface area contributed by atoms with E-state index in [4.69, 9.17) is 23.2 Å². The summed E-state index contributed by atoms with van der Waals surface area (Å²) in [5, 5.41) is 12.3. The first-order valence-electron chi connectivity index (χ1n) is 4.30. The lowest BCUT2D eigenvalue weighted by Crippen LogP contribution is -2.20. The molecule has 0 bridgehead atoms. The fourth-order valence-electron chi connectivity index (χ4n) is 0.972. The third-order valence-corrected chi connectivity index (χ3v) is 2.29. The van der Waals surface area contributed by atoms with Gasteiger partial charge in [0.15, 0.2) is 0 Å². The normalized spacial score (nSPS) is 11.9. The van der Waals surface area contributed by atoms with Gasteiger partial charge in [0.2, 0.25) is 5.91 Å². The Kier molecular flexibility index (Phi) is 4.09. The number of hydrogen-bond donors (Lipinski definition) is 1. The number of alkyl halides is 1. The van der Waals surface area contributed by atoms with Crippen LogP contribution in [-0.2, 0) is 4.79 Å². The molecule has 0 aliphatic rings. The molecule has 0 saturated heterocycles. The number of amides is 1. The maximum atomic E-state index is 11.2. The van der Waals surface area contributed by atoms with Crippen molar-refractivity contribution in [1.82, 2.24) is 0 Å². The van der Waals surface area contributed by atoms with Crippen molar-refractivity contribution in [3.8, 4) is 0 Å². The van der Waals surface area contributed by atoms with E-state index in [1.54, 1.807) is 0 Å². The molecule has 1 N–H and O–H groups in total. The Hall–Kier alpha value is -1.33. The molecule has 0 aliphatic heterocycles. The molecule has 0 heterocycles. The molecule has 7 heteroatoms. The number of halogens is 2. The van der Waals surface area contributed by atoms with Gasteiger partial charge in [0.25, 0.3) is 5.69 Å². The molecule has 0 unspecified atom stereocenters. The van der Waals surface area contributed by atoms with E-state index in [1.807, 2.05) is 0 Å². The van der Waals surface area contributed by atoms with Gasteiger partial charge in [-0.1, -0.05) is 11.6 Å². The van der Waals surface area contributed by atoms with Crippen molar-refractivity contribution in [2.45, 2.75) is 12.3 Å². The summed E-state index contributed by atoms with van der Waals surface area (Å²) >= 11 is 11.1. The molecular formula is C9H8Cl2N2O3. The average molecular weight is 263 g/mol. The van der Waals surface area contributed by atoms with Crippen LogP contribution in [0.1, 0.15) is 6.92 Å². The molecule has 1 rings (SSSR count). The summed E-state index contributed by atoms with van der Waals surface area (Å²) in [5.74, 6) is -0.432. The van der Waals surface area contributed by atoms with Crippen LogP contribution in [0, 0.1) is 10.1 Å². The lowest BCUT2D eigenvalue weighted by Gasteiger charge is -2.06. The van der Waals surface area contributed by atoms with Gasteiger partial charge in [0, 0.05) is 11.8 Å². The highest BCUT2D eigenvalue weighted by molar-refractivity contribution is 6.33. The lowest BCUT2D eigenvalue weighted by molar-refractivity contribution is -0.384. The van der Waals surface area contributed by atoms with Gasteiger partial charge in [0.05, 0.1) is 4.92 Å². The zero-order chi connectivity index (χ0) is 12.3. The largest absolute Gasteiger partial charge is 0.325 e. The topological polar surface area (TPSA) is 72.2 Å². The second kappa shape index (κ2) is 5.14. The van der Waals surface area contributed by atoms with Gasteiger partial charge < -0.3 is 5.32 Å². The van der Waals surface area contributed by atoms with Crippen LogP contribution in [0.3, 0.4) is 0 Å². The Bertz CT molecular complexity index is 435. The fourth-order valence-corrected chi connectivity index (χ4v) is 1.21. The summed E-state index contributed by atoms with van der Waals surface area (Å²) in [7, 11) is 0. The van der Waals surface area contributed by atoms with Crippen LogP contribution in [0.5, 0.6) is 0 Å². The van der Waals surface area contributed by atoms with Crippen LogP contribution in [0.4, 0.5) is 11.4 Å². The van der Waals surface area contributed by atoms with Crippen LogP contribution in [-0.4, -0.2) is 16.2 Å². The van der Waals surface area contributed by atoms with E-state index in [0.717, 1.165) is 0 Å². The van der Waals surface area contributed by atoms with Gasteiger partial charge in [-0.15, -0.1) is 11.6 Å². The van der Waals surface area contributed by atoms with Gasteiger partial charge in [-0.05, 0) is 19.1 Å². The van der Waals surface area contributed by atoms with E-state index in [-0.39, 0.29) is 16.4 Å². The van der Waals surface area contributed by atoms with Gasteiger partial charge in [-0.2, -0.15) is 0 Å². The third kappa shape index (κ3) is 3.08. The molecule has 0 saturated carbocycles. The molecule has 5 nitrogen and oxygen atoms in total. The Morgan fingerprint density at radius 3 is 2.69 bits per heavy atom. The summed E-state index contributed by atoms with van der Waals surface area (Å²) in [6.45, 7) is 1.50. The van der Waals surface area contributed by atoms with E-state index >= 15 is 0 Å². The molecule has 1 amide bonds. The van der Waals surface area contributed by atoms with Crippen LogP contribution < -0.4 is 5.32 Å². The average Bonchev–Trinajstić information content (AvgIpc) is 2.20. The van der Waals surface area contributed by atoms with Crippen molar-refractivity contribution in [3.05, 3.63) is 33.3 Å². The first-order chi connectivity index (χ1) is 7.41. The summed E-state index contributed by atoms with van der Waals surface area (Å²) in [6, 6.07) is 3.99. The second-order valence-corrected chi connectivity index (χ2v) is 4.09. The lowest BCUT2D eigenvalue weighted by atomic mass is 10.2. The minimum Gasteiger partial charge on any atom is -0.325 e. The maximum absolute atomic E-state index is 11.2. The fraction of sp³-hybridized carbons (Fsp3) is 0.222. The minimum absolute atomic E-state index is 0.0157. The molecule has 0 aromatic heterocycles. The molecule has 0 aliphatic carbocycles. The standard InChI is InChI=1S/C9H8Cl2N2O3/c1-5(10)9(14)12-6-2-3-7(11)8(4-6)13(15)16/h2-5H,1H3,(H,12,14)/t5-/m0/s1. The summed E-state index contributed by atoms with van der Waals surface area (Å²) in [4.78, 5) is 21.2. The number of carbonyl (C=O) groups excluding carboxylic acids is 1. The highest BCUT2D eigenvalue weighted by Gasteiger charge is 2.15. The predicted molar refractivity (Wildman–Crippen MR) is 62.1 cm³/mol. The van der Waals surface area contributed by atoms with E-state index in [0.29, 0.717) is 0 Å². The van der Waals surface area contributed by atoms with E-state index in [2.05, 4.69) is 5.32 Å². The Morgan fingerprint density at radius 2 is 2.19 bits per heavy atom. The number of hydrogen-bond acceptors (Lipinski definition) is 3. The van der Waals surface area contributed by atoms with Crippen LogP contribution in [0.2, 0.25) is 5.02 Å². The second-order valence-electron chi connectivity index (χ2n) is 3.03. The molecular weight excluding hydrogens is 255 g/mol. The summed E-state index contributed by atoms with van der Waals surface area (Å²) in [5.41, 5.74) is 0.0234. The maximum Gasteiger partial charge on any atom is 0.289 e. The smallest absolute Gasteiger partial charge is 0.289 e. The zero-order valence-corrected chi connectivity index (χ0v) is 9.75. The van der Waals surface area contributed by atoms with Crippen molar-refractivity contribution < 1.29 is 9.72 Å². The number of nitrogens with zero attached hydrogens (tertiary/aromatic N) is 1. The SMILES string of the molecule is C[C@H](Cl)C(=O)Nc1ccc(Cl)c([N+](=O)[O-])c1. The third-order valence-electron chi connectivity index (χ3n) is 1.77. The number of nitro groups is 1.